The number of carbonyl (C=O) groups is 1. The van der Waals surface area contributed by atoms with Crippen molar-refractivity contribution in [3.8, 4) is 11.5 Å². The highest BCUT2D eigenvalue weighted by molar-refractivity contribution is 7.99. The van der Waals surface area contributed by atoms with Crippen LogP contribution in [0.15, 0.2) is 28.2 Å². The molecule has 1 aromatic carbocycles. The maximum Gasteiger partial charge on any atom is 0.343 e. The number of aromatic nitrogens is 3. The molecule has 8 nitrogen and oxygen atoms in total. The van der Waals surface area contributed by atoms with Gasteiger partial charge in [0.25, 0.3) is 0 Å². The minimum Gasteiger partial charge on any atom is -0.486 e. The summed E-state index contributed by atoms with van der Waals surface area (Å²) in [7, 11) is 0. The first kappa shape index (κ1) is 21.8. The van der Waals surface area contributed by atoms with Crippen LogP contribution in [0.5, 0.6) is 11.5 Å². The molecule has 0 unspecified atom stereocenters. The highest BCUT2D eigenvalue weighted by Gasteiger charge is 2.36. The third kappa shape index (κ3) is 4.92. The number of aromatic amines is 1. The van der Waals surface area contributed by atoms with E-state index in [2.05, 4.69) is 34.6 Å². The van der Waals surface area contributed by atoms with Gasteiger partial charge in [0.15, 0.2) is 16.7 Å². The van der Waals surface area contributed by atoms with Gasteiger partial charge in [0.05, 0.1) is 5.75 Å². The van der Waals surface area contributed by atoms with Crippen LogP contribution in [-0.4, -0.2) is 46.2 Å². The highest BCUT2D eigenvalue weighted by Crippen LogP contribution is 2.43. The van der Waals surface area contributed by atoms with Crippen LogP contribution in [0.25, 0.3) is 0 Å². The molecule has 0 saturated heterocycles. The lowest BCUT2D eigenvalue weighted by atomic mass is 9.78. The standard InChI is InChI=1S/C22H30N4O4S/c1-2-3-10-26-20(28)24-25-21(26)31-14-19(27)23-15-22(8-4-5-9-22)16-6-7-17-18(13-16)30-12-11-29-17/h6-7,13H,2-5,8-12,14-15H2,1H3,(H,23,27)(H,24,28). The van der Waals surface area contributed by atoms with Crippen molar-refractivity contribution in [3.05, 3.63) is 34.2 Å². The maximum absolute atomic E-state index is 12.6. The normalized spacial score (nSPS) is 16.9. The van der Waals surface area contributed by atoms with Crippen molar-refractivity contribution in [2.45, 2.75) is 62.6 Å². The van der Waals surface area contributed by atoms with E-state index >= 15 is 0 Å². The highest BCUT2D eigenvalue weighted by atomic mass is 32.2. The van der Waals surface area contributed by atoms with Crippen molar-refractivity contribution in [2.75, 3.05) is 25.5 Å². The lowest BCUT2D eigenvalue weighted by molar-refractivity contribution is -0.118. The molecule has 2 heterocycles. The Morgan fingerprint density at radius 2 is 2.03 bits per heavy atom. The first-order valence-electron chi connectivity index (χ1n) is 11.1. The second kappa shape index (κ2) is 9.80. The van der Waals surface area contributed by atoms with Gasteiger partial charge in [0.1, 0.15) is 13.2 Å². The third-order valence-electron chi connectivity index (χ3n) is 6.13. The fourth-order valence-corrected chi connectivity index (χ4v) is 5.17. The van der Waals surface area contributed by atoms with Crippen molar-refractivity contribution in [3.63, 3.8) is 0 Å². The fourth-order valence-electron chi connectivity index (χ4n) is 4.37. The molecule has 9 heteroatoms. The summed E-state index contributed by atoms with van der Waals surface area (Å²) in [5.74, 6) is 1.76. The molecule has 2 aromatic rings. The summed E-state index contributed by atoms with van der Waals surface area (Å²) in [6, 6.07) is 6.17. The van der Waals surface area contributed by atoms with Crippen molar-refractivity contribution >= 4 is 17.7 Å². The van der Waals surface area contributed by atoms with Crippen LogP contribution >= 0.6 is 11.8 Å². The number of H-pyrrole nitrogens is 1. The van der Waals surface area contributed by atoms with E-state index < -0.39 is 0 Å². The molecule has 1 aromatic heterocycles. The van der Waals surface area contributed by atoms with Crippen molar-refractivity contribution in [1.29, 1.82) is 0 Å². The molecule has 1 aliphatic heterocycles. The van der Waals surface area contributed by atoms with Gasteiger partial charge in [0, 0.05) is 18.5 Å². The molecule has 1 saturated carbocycles. The van der Waals surface area contributed by atoms with E-state index in [0.29, 0.717) is 31.5 Å². The maximum atomic E-state index is 12.6. The number of hydrogen-bond donors (Lipinski definition) is 2. The summed E-state index contributed by atoms with van der Waals surface area (Å²) >= 11 is 1.29. The van der Waals surface area contributed by atoms with Crippen LogP contribution in [0.4, 0.5) is 0 Å². The zero-order valence-corrected chi connectivity index (χ0v) is 18.8. The Hall–Kier alpha value is -2.42. The Labute approximate surface area is 186 Å². The lowest BCUT2D eigenvalue weighted by Gasteiger charge is -2.31. The molecule has 168 valence electrons. The Morgan fingerprint density at radius 1 is 1.26 bits per heavy atom. The second-order valence-electron chi connectivity index (χ2n) is 8.23. The number of carbonyl (C=O) groups excluding carboxylic acids is 1. The van der Waals surface area contributed by atoms with E-state index in [0.717, 1.165) is 50.0 Å². The lowest BCUT2D eigenvalue weighted by Crippen LogP contribution is -2.39. The Morgan fingerprint density at radius 3 is 2.81 bits per heavy atom. The molecule has 4 rings (SSSR count). The van der Waals surface area contributed by atoms with E-state index in [1.165, 1.54) is 17.3 Å². The summed E-state index contributed by atoms with van der Waals surface area (Å²) in [4.78, 5) is 24.5. The molecule has 31 heavy (non-hydrogen) atoms. The zero-order chi connectivity index (χ0) is 21.7. The predicted molar refractivity (Wildman–Crippen MR) is 119 cm³/mol. The molecule has 0 bridgehead atoms. The number of rotatable bonds is 9. The van der Waals surface area contributed by atoms with Crippen LogP contribution in [0, 0.1) is 0 Å². The van der Waals surface area contributed by atoms with Crippen molar-refractivity contribution in [1.82, 2.24) is 20.1 Å². The van der Waals surface area contributed by atoms with Gasteiger partial charge in [-0.1, -0.05) is 44.0 Å². The molecular formula is C22H30N4O4S. The number of amides is 1. The number of fused-ring (bicyclic) bond motifs is 1. The first-order chi connectivity index (χ1) is 15.1. The number of thioether (sulfide) groups is 1. The summed E-state index contributed by atoms with van der Waals surface area (Å²) in [5.41, 5.74) is 0.897. The molecular weight excluding hydrogens is 416 g/mol. The molecule has 2 N–H and O–H groups in total. The van der Waals surface area contributed by atoms with Gasteiger partial charge in [-0.25, -0.2) is 9.89 Å². The van der Waals surface area contributed by atoms with Crippen LogP contribution in [0.3, 0.4) is 0 Å². The van der Waals surface area contributed by atoms with Crippen molar-refractivity contribution in [2.24, 2.45) is 0 Å². The van der Waals surface area contributed by atoms with E-state index in [-0.39, 0.29) is 22.8 Å². The number of nitrogens with one attached hydrogen (secondary N) is 2. The Kier molecular flexibility index (Phi) is 6.89. The van der Waals surface area contributed by atoms with Crippen LogP contribution < -0.4 is 20.5 Å². The van der Waals surface area contributed by atoms with Gasteiger partial charge < -0.3 is 14.8 Å². The molecule has 1 aliphatic carbocycles. The predicted octanol–water partition coefficient (Wildman–Crippen LogP) is 2.86. The van der Waals surface area contributed by atoms with Gasteiger partial charge in [0.2, 0.25) is 5.91 Å². The zero-order valence-electron chi connectivity index (χ0n) is 17.9. The largest absolute Gasteiger partial charge is 0.486 e. The SMILES string of the molecule is CCCCn1c(SCC(=O)NCC2(c3ccc4c(c3)OCCO4)CCCC2)n[nH]c1=O. The summed E-state index contributed by atoms with van der Waals surface area (Å²) < 4.78 is 13.0. The topological polar surface area (TPSA) is 98.2 Å². The van der Waals surface area contributed by atoms with Gasteiger partial charge in [-0.3, -0.25) is 9.36 Å². The van der Waals surface area contributed by atoms with Crippen LogP contribution in [0.2, 0.25) is 0 Å². The van der Waals surface area contributed by atoms with Gasteiger partial charge >= 0.3 is 5.69 Å². The number of hydrogen-bond acceptors (Lipinski definition) is 6. The summed E-state index contributed by atoms with van der Waals surface area (Å²) in [5, 5.41) is 10.2. The first-order valence-corrected chi connectivity index (χ1v) is 12.0. The monoisotopic (exact) mass is 446 g/mol. The molecule has 0 radical (unpaired) electrons. The average molecular weight is 447 g/mol. The van der Waals surface area contributed by atoms with Crippen LogP contribution in [0.1, 0.15) is 51.0 Å². The van der Waals surface area contributed by atoms with Gasteiger partial charge in [-0.05, 0) is 37.0 Å². The van der Waals surface area contributed by atoms with E-state index in [1.807, 2.05) is 6.07 Å². The Bertz CT molecular complexity index is 965. The molecule has 1 fully saturated rings. The second-order valence-corrected chi connectivity index (χ2v) is 9.17. The summed E-state index contributed by atoms with van der Waals surface area (Å²) in [6.07, 6.45) is 6.26. The molecule has 2 aliphatic rings. The number of ether oxygens (including phenoxy) is 2. The van der Waals surface area contributed by atoms with Gasteiger partial charge in [-0.2, -0.15) is 0 Å². The summed E-state index contributed by atoms with van der Waals surface area (Å²) in [6.45, 7) is 4.42. The van der Waals surface area contributed by atoms with Crippen LogP contribution in [-0.2, 0) is 16.8 Å². The average Bonchev–Trinajstić information content (AvgIpc) is 3.42. The molecule has 1 amide bonds. The minimum absolute atomic E-state index is 0.0497. The number of benzene rings is 1. The number of unbranched alkanes of at least 4 members (excludes halogenated alkanes) is 1. The van der Waals surface area contributed by atoms with Crippen molar-refractivity contribution < 1.29 is 14.3 Å². The third-order valence-corrected chi connectivity index (χ3v) is 7.11. The quantitative estimate of drug-likeness (QED) is 0.575. The smallest absolute Gasteiger partial charge is 0.343 e. The van der Waals surface area contributed by atoms with E-state index in [1.54, 1.807) is 4.57 Å². The van der Waals surface area contributed by atoms with Gasteiger partial charge in [-0.15, -0.1) is 5.10 Å². The fraction of sp³-hybridized carbons (Fsp3) is 0.591. The Balaban J connectivity index is 1.38. The van der Waals surface area contributed by atoms with E-state index in [9.17, 15) is 9.59 Å². The minimum atomic E-state index is -0.222. The molecule has 0 atom stereocenters. The van der Waals surface area contributed by atoms with E-state index in [4.69, 9.17) is 9.47 Å². The molecule has 0 spiro atoms. The number of nitrogens with zero attached hydrogens (tertiary/aromatic N) is 2.